The molecular formula is C22H23NO5S2. The van der Waals surface area contributed by atoms with Crippen LogP contribution in [0.15, 0.2) is 64.9 Å². The molecule has 30 heavy (non-hydrogen) atoms. The molecule has 1 amide bonds. The largest absolute Gasteiger partial charge is 0.493 e. The fourth-order valence-corrected chi connectivity index (χ4v) is 5.78. The number of amides is 1. The van der Waals surface area contributed by atoms with E-state index in [4.69, 9.17) is 9.47 Å². The molecule has 1 N–H and O–H groups in total. The van der Waals surface area contributed by atoms with Gasteiger partial charge in [0.15, 0.2) is 21.3 Å². The van der Waals surface area contributed by atoms with Crippen LogP contribution >= 0.6 is 11.3 Å². The molecule has 3 rings (SSSR count). The lowest BCUT2D eigenvalue weighted by Crippen LogP contribution is -2.31. The second kappa shape index (κ2) is 9.32. The number of ether oxygens (including phenoxy) is 2. The standard InChI is InChI=1S/C22H23NO5S2/c1-15-6-9-17(10-7-15)30(25,26)21(20-5-4-12-29-20)14-23-22(24)16-8-11-18(27-2)19(13-16)28-3/h4-13,21H,14H2,1-3H3,(H,23,24)/t21-/m1/s1. The average molecular weight is 446 g/mol. The zero-order chi connectivity index (χ0) is 21.7. The molecule has 0 aliphatic heterocycles. The van der Waals surface area contributed by atoms with Crippen molar-refractivity contribution in [1.29, 1.82) is 0 Å². The summed E-state index contributed by atoms with van der Waals surface area (Å²) in [5, 5.41) is 3.69. The Balaban J connectivity index is 1.85. The van der Waals surface area contributed by atoms with Crippen molar-refractivity contribution in [3.8, 4) is 11.5 Å². The van der Waals surface area contributed by atoms with E-state index in [1.807, 2.05) is 12.3 Å². The van der Waals surface area contributed by atoms with Crippen molar-refractivity contribution in [2.75, 3.05) is 20.8 Å². The van der Waals surface area contributed by atoms with Gasteiger partial charge in [-0.2, -0.15) is 0 Å². The second-order valence-corrected chi connectivity index (χ2v) is 9.75. The van der Waals surface area contributed by atoms with Gasteiger partial charge in [0.1, 0.15) is 5.25 Å². The van der Waals surface area contributed by atoms with Crippen LogP contribution in [-0.2, 0) is 9.84 Å². The topological polar surface area (TPSA) is 81.7 Å². The minimum absolute atomic E-state index is 0.0517. The van der Waals surface area contributed by atoms with Crippen molar-refractivity contribution in [2.24, 2.45) is 0 Å². The smallest absolute Gasteiger partial charge is 0.251 e. The first-order valence-electron chi connectivity index (χ1n) is 9.21. The van der Waals surface area contributed by atoms with E-state index in [-0.39, 0.29) is 11.4 Å². The summed E-state index contributed by atoms with van der Waals surface area (Å²) in [6.45, 7) is 1.85. The Morgan fingerprint density at radius 2 is 1.73 bits per heavy atom. The summed E-state index contributed by atoms with van der Waals surface area (Å²) in [5.41, 5.74) is 1.33. The molecule has 158 valence electrons. The first-order chi connectivity index (χ1) is 14.4. The molecule has 0 radical (unpaired) electrons. The zero-order valence-electron chi connectivity index (χ0n) is 16.9. The molecular weight excluding hydrogens is 422 g/mol. The molecule has 2 aromatic carbocycles. The van der Waals surface area contributed by atoms with Crippen LogP contribution in [0.4, 0.5) is 0 Å². The van der Waals surface area contributed by atoms with Crippen LogP contribution in [0.2, 0.25) is 0 Å². The maximum atomic E-state index is 13.3. The van der Waals surface area contributed by atoms with Crippen LogP contribution in [-0.4, -0.2) is 35.1 Å². The van der Waals surface area contributed by atoms with E-state index < -0.39 is 21.0 Å². The lowest BCUT2D eigenvalue weighted by atomic mass is 10.2. The average Bonchev–Trinajstić information content (AvgIpc) is 3.27. The lowest BCUT2D eigenvalue weighted by molar-refractivity contribution is 0.0953. The summed E-state index contributed by atoms with van der Waals surface area (Å²) in [7, 11) is -0.691. The van der Waals surface area contributed by atoms with Gasteiger partial charge < -0.3 is 14.8 Å². The maximum absolute atomic E-state index is 13.3. The fraction of sp³-hybridized carbons (Fsp3) is 0.227. The van der Waals surface area contributed by atoms with Gasteiger partial charge in [-0.1, -0.05) is 23.8 Å². The number of nitrogens with one attached hydrogen (secondary N) is 1. The van der Waals surface area contributed by atoms with Gasteiger partial charge in [-0.3, -0.25) is 4.79 Å². The van der Waals surface area contributed by atoms with Gasteiger partial charge in [0.25, 0.3) is 5.91 Å². The Kier molecular flexibility index (Phi) is 6.79. The monoisotopic (exact) mass is 445 g/mol. The van der Waals surface area contributed by atoms with Crippen molar-refractivity contribution >= 4 is 27.1 Å². The number of aryl methyl sites for hydroxylation is 1. The Hall–Kier alpha value is -2.84. The van der Waals surface area contributed by atoms with Gasteiger partial charge in [0, 0.05) is 17.0 Å². The molecule has 0 aliphatic rings. The molecule has 0 fully saturated rings. The van der Waals surface area contributed by atoms with Crippen LogP contribution in [0, 0.1) is 6.92 Å². The SMILES string of the molecule is COc1ccc(C(=O)NC[C@H](c2cccs2)S(=O)(=O)c2ccc(C)cc2)cc1OC. The Morgan fingerprint density at radius 1 is 1.03 bits per heavy atom. The van der Waals surface area contributed by atoms with Gasteiger partial charge in [-0.25, -0.2) is 8.42 Å². The molecule has 1 atom stereocenters. The molecule has 1 heterocycles. The molecule has 0 unspecified atom stereocenters. The predicted molar refractivity (Wildman–Crippen MR) is 117 cm³/mol. The van der Waals surface area contributed by atoms with E-state index in [1.165, 1.54) is 25.6 Å². The first kappa shape index (κ1) is 21.9. The number of hydrogen-bond acceptors (Lipinski definition) is 6. The first-order valence-corrected chi connectivity index (χ1v) is 11.6. The zero-order valence-corrected chi connectivity index (χ0v) is 18.5. The van der Waals surface area contributed by atoms with Crippen molar-refractivity contribution in [3.05, 3.63) is 76.0 Å². The molecule has 1 aromatic heterocycles. The highest BCUT2D eigenvalue weighted by molar-refractivity contribution is 7.91. The van der Waals surface area contributed by atoms with Crippen molar-refractivity contribution in [1.82, 2.24) is 5.32 Å². The van der Waals surface area contributed by atoms with E-state index >= 15 is 0 Å². The quantitative estimate of drug-likeness (QED) is 0.566. The molecule has 6 nitrogen and oxygen atoms in total. The fourth-order valence-electron chi connectivity index (χ4n) is 2.99. The Morgan fingerprint density at radius 3 is 2.33 bits per heavy atom. The van der Waals surface area contributed by atoms with Gasteiger partial charge in [-0.05, 0) is 48.7 Å². The minimum atomic E-state index is -3.69. The summed E-state index contributed by atoms with van der Waals surface area (Å²) in [6, 6.07) is 15.1. The van der Waals surface area contributed by atoms with E-state index in [0.29, 0.717) is 21.9 Å². The highest BCUT2D eigenvalue weighted by atomic mass is 32.2. The summed E-state index contributed by atoms with van der Waals surface area (Å²) in [4.78, 5) is 13.6. The number of hydrogen-bond donors (Lipinski definition) is 1. The minimum Gasteiger partial charge on any atom is -0.493 e. The predicted octanol–water partition coefficient (Wildman–Crippen LogP) is 4.02. The highest BCUT2D eigenvalue weighted by Crippen LogP contribution is 2.32. The third kappa shape index (κ3) is 4.66. The van der Waals surface area contributed by atoms with Crippen molar-refractivity contribution in [2.45, 2.75) is 17.1 Å². The number of benzene rings is 2. The van der Waals surface area contributed by atoms with Crippen LogP contribution in [0.25, 0.3) is 0 Å². The molecule has 3 aromatic rings. The molecule has 0 aliphatic carbocycles. The van der Waals surface area contributed by atoms with Gasteiger partial charge in [-0.15, -0.1) is 11.3 Å². The van der Waals surface area contributed by atoms with Gasteiger partial charge >= 0.3 is 0 Å². The summed E-state index contributed by atoms with van der Waals surface area (Å²) in [6.07, 6.45) is 0. The second-order valence-electron chi connectivity index (χ2n) is 6.64. The number of methoxy groups -OCH3 is 2. The Bertz CT molecular complexity index is 1110. The molecule has 0 saturated heterocycles. The maximum Gasteiger partial charge on any atom is 0.251 e. The Labute approximate surface area is 180 Å². The van der Waals surface area contributed by atoms with Crippen molar-refractivity contribution in [3.63, 3.8) is 0 Å². The van der Waals surface area contributed by atoms with Crippen LogP contribution in [0.5, 0.6) is 11.5 Å². The molecule has 0 saturated carbocycles. The van der Waals surface area contributed by atoms with Crippen molar-refractivity contribution < 1.29 is 22.7 Å². The van der Waals surface area contributed by atoms with Crippen LogP contribution in [0.3, 0.4) is 0 Å². The highest BCUT2D eigenvalue weighted by Gasteiger charge is 2.30. The molecule has 0 bridgehead atoms. The third-order valence-corrected chi connectivity index (χ3v) is 7.91. The number of sulfone groups is 1. The lowest BCUT2D eigenvalue weighted by Gasteiger charge is -2.18. The third-order valence-electron chi connectivity index (χ3n) is 4.68. The number of rotatable bonds is 8. The summed E-state index contributed by atoms with van der Waals surface area (Å²) >= 11 is 1.35. The number of carbonyl (C=O) groups is 1. The molecule has 8 heteroatoms. The van der Waals surface area contributed by atoms with E-state index in [0.717, 1.165) is 5.56 Å². The van der Waals surface area contributed by atoms with Crippen LogP contribution in [0.1, 0.15) is 26.0 Å². The van der Waals surface area contributed by atoms with E-state index in [9.17, 15) is 13.2 Å². The normalized spacial score (nSPS) is 12.2. The number of thiophene rings is 1. The van der Waals surface area contributed by atoms with Crippen LogP contribution < -0.4 is 14.8 Å². The molecule has 0 spiro atoms. The van der Waals surface area contributed by atoms with Gasteiger partial charge in [0.2, 0.25) is 0 Å². The number of carbonyl (C=O) groups excluding carboxylic acids is 1. The van der Waals surface area contributed by atoms with Gasteiger partial charge in [0.05, 0.1) is 19.1 Å². The van der Waals surface area contributed by atoms with E-state index in [2.05, 4.69) is 5.32 Å². The summed E-state index contributed by atoms with van der Waals surface area (Å²) in [5.74, 6) is 0.538. The van der Waals surface area contributed by atoms with E-state index in [1.54, 1.807) is 54.6 Å². The summed E-state index contributed by atoms with van der Waals surface area (Å²) < 4.78 is 37.0.